The van der Waals surface area contributed by atoms with Crippen LogP contribution >= 0.6 is 10.7 Å². The normalized spacial score (nSPS) is 17.4. The molecule has 6 heteroatoms. The van der Waals surface area contributed by atoms with Crippen molar-refractivity contribution < 1.29 is 13.2 Å². The van der Waals surface area contributed by atoms with Crippen LogP contribution in [-0.4, -0.2) is 33.5 Å². The smallest absolute Gasteiger partial charge is 0.264 e. The van der Waals surface area contributed by atoms with Crippen molar-refractivity contribution in [1.82, 2.24) is 4.90 Å². The molecule has 0 bridgehead atoms. The van der Waals surface area contributed by atoms with E-state index in [0.717, 1.165) is 25.2 Å². The molecule has 0 aromatic heterocycles. The van der Waals surface area contributed by atoms with Crippen molar-refractivity contribution in [2.75, 3.05) is 20.2 Å². The monoisotopic (exact) mass is 303 g/mol. The molecule has 4 nitrogen and oxygen atoms in total. The Morgan fingerprint density at radius 1 is 1.26 bits per heavy atom. The third-order valence-corrected chi connectivity index (χ3v) is 4.69. The van der Waals surface area contributed by atoms with Crippen LogP contribution in [0.25, 0.3) is 0 Å². The van der Waals surface area contributed by atoms with Gasteiger partial charge in [-0.2, -0.15) is 0 Å². The Hall–Kier alpha value is -0.780. The first-order valence-electron chi connectivity index (χ1n) is 6.34. The SMILES string of the molecule is COc1ccc(CN2CCCCC2)cc1S(=O)(=O)Cl. The Bertz CT molecular complexity index is 539. The Morgan fingerprint density at radius 3 is 2.53 bits per heavy atom. The number of likely N-dealkylation sites (tertiary alicyclic amines) is 1. The molecule has 0 atom stereocenters. The highest BCUT2D eigenvalue weighted by molar-refractivity contribution is 8.13. The molecule has 0 radical (unpaired) electrons. The van der Waals surface area contributed by atoms with Gasteiger partial charge in [-0.3, -0.25) is 4.90 Å². The highest BCUT2D eigenvalue weighted by atomic mass is 35.7. The maximum absolute atomic E-state index is 11.5. The van der Waals surface area contributed by atoms with Gasteiger partial charge < -0.3 is 4.74 Å². The van der Waals surface area contributed by atoms with E-state index < -0.39 is 9.05 Å². The average molecular weight is 304 g/mol. The molecule has 0 unspecified atom stereocenters. The average Bonchev–Trinajstić information content (AvgIpc) is 2.39. The summed E-state index contributed by atoms with van der Waals surface area (Å²) in [6, 6.07) is 5.16. The number of ether oxygens (including phenoxy) is 1. The standard InChI is InChI=1S/C13H18ClNO3S/c1-18-12-6-5-11(9-13(12)19(14,16)17)10-15-7-3-2-4-8-15/h5-6,9H,2-4,7-8,10H2,1H3. The lowest BCUT2D eigenvalue weighted by Gasteiger charge is -2.26. The summed E-state index contributed by atoms with van der Waals surface area (Å²) in [6.07, 6.45) is 3.69. The van der Waals surface area contributed by atoms with Gasteiger partial charge in [0.25, 0.3) is 9.05 Å². The molecular formula is C13H18ClNO3S. The molecule has 1 aromatic rings. The number of halogens is 1. The van der Waals surface area contributed by atoms with E-state index in [0.29, 0.717) is 0 Å². The van der Waals surface area contributed by atoms with Gasteiger partial charge in [0, 0.05) is 17.2 Å². The van der Waals surface area contributed by atoms with Crippen molar-refractivity contribution in [2.24, 2.45) is 0 Å². The van der Waals surface area contributed by atoms with Crippen LogP contribution in [0, 0.1) is 0 Å². The molecule has 0 N–H and O–H groups in total. The van der Waals surface area contributed by atoms with Crippen LogP contribution in [0.1, 0.15) is 24.8 Å². The van der Waals surface area contributed by atoms with Crippen LogP contribution in [0.5, 0.6) is 5.75 Å². The number of hydrogen-bond donors (Lipinski definition) is 0. The van der Waals surface area contributed by atoms with Crippen molar-refractivity contribution in [2.45, 2.75) is 30.7 Å². The maximum Gasteiger partial charge on any atom is 0.264 e. The summed E-state index contributed by atoms with van der Waals surface area (Å²) in [5.74, 6) is 0.289. The van der Waals surface area contributed by atoms with Crippen LogP contribution in [0.4, 0.5) is 0 Å². The van der Waals surface area contributed by atoms with Gasteiger partial charge in [0.2, 0.25) is 0 Å². The van der Waals surface area contributed by atoms with Gasteiger partial charge in [-0.15, -0.1) is 0 Å². The summed E-state index contributed by atoms with van der Waals surface area (Å²) >= 11 is 0. The molecular weight excluding hydrogens is 286 g/mol. The second kappa shape index (κ2) is 6.11. The summed E-state index contributed by atoms with van der Waals surface area (Å²) in [7, 11) is 3.09. The van der Waals surface area contributed by atoms with Crippen molar-refractivity contribution >= 4 is 19.7 Å². The Balaban J connectivity index is 2.22. The van der Waals surface area contributed by atoms with Crippen LogP contribution < -0.4 is 4.74 Å². The van der Waals surface area contributed by atoms with E-state index >= 15 is 0 Å². The molecule has 1 heterocycles. The zero-order valence-corrected chi connectivity index (χ0v) is 12.5. The van der Waals surface area contributed by atoms with Crippen LogP contribution in [-0.2, 0) is 15.6 Å². The topological polar surface area (TPSA) is 46.6 Å². The zero-order chi connectivity index (χ0) is 13.9. The van der Waals surface area contributed by atoms with E-state index in [1.54, 1.807) is 12.1 Å². The lowest BCUT2D eigenvalue weighted by Crippen LogP contribution is -2.29. The van der Waals surface area contributed by atoms with E-state index in [2.05, 4.69) is 4.90 Å². The van der Waals surface area contributed by atoms with Crippen LogP contribution in [0.2, 0.25) is 0 Å². The first kappa shape index (κ1) is 14.6. The molecule has 19 heavy (non-hydrogen) atoms. The Kier molecular flexibility index (Phi) is 4.71. The predicted octanol–water partition coefficient (Wildman–Crippen LogP) is 2.61. The van der Waals surface area contributed by atoms with Gasteiger partial charge >= 0.3 is 0 Å². The van der Waals surface area contributed by atoms with E-state index in [1.807, 2.05) is 6.07 Å². The second-order valence-electron chi connectivity index (χ2n) is 4.76. The van der Waals surface area contributed by atoms with Crippen molar-refractivity contribution in [3.63, 3.8) is 0 Å². The summed E-state index contributed by atoms with van der Waals surface area (Å²) in [6.45, 7) is 2.88. The molecule has 2 rings (SSSR count). The largest absolute Gasteiger partial charge is 0.495 e. The number of rotatable bonds is 4. The van der Waals surface area contributed by atoms with Crippen LogP contribution in [0.15, 0.2) is 23.1 Å². The molecule has 1 aliphatic rings. The van der Waals surface area contributed by atoms with Gasteiger partial charge in [0.15, 0.2) is 0 Å². The summed E-state index contributed by atoms with van der Waals surface area (Å²) < 4.78 is 28.1. The van der Waals surface area contributed by atoms with E-state index in [4.69, 9.17) is 15.4 Å². The van der Waals surface area contributed by atoms with E-state index in [9.17, 15) is 8.42 Å². The molecule has 0 aliphatic carbocycles. The predicted molar refractivity (Wildman–Crippen MR) is 75.2 cm³/mol. The summed E-state index contributed by atoms with van der Waals surface area (Å²) in [5, 5.41) is 0. The highest BCUT2D eigenvalue weighted by Crippen LogP contribution is 2.28. The lowest BCUT2D eigenvalue weighted by atomic mass is 10.1. The zero-order valence-electron chi connectivity index (χ0n) is 10.9. The number of benzene rings is 1. The lowest BCUT2D eigenvalue weighted by molar-refractivity contribution is 0.220. The fourth-order valence-electron chi connectivity index (χ4n) is 2.39. The number of nitrogens with zero attached hydrogens (tertiary/aromatic N) is 1. The number of piperidine rings is 1. The molecule has 1 fully saturated rings. The van der Waals surface area contributed by atoms with Gasteiger partial charge in [-0.1, -0.05) is 12.5 Å². The molecule has 106 valence electrons. The fourth-order valence-corrected chi connectivity index (χ4v) is 3.43. The second-order valence-corrected chi connectivity index (χ2v) is 7.29. The Labute approximate surface area is 118 Å². The third-order valence-electron chi connectivity index (χ3n) is 3.35. The molecule has 1 aliphatic heterocycles. The number of hydrogen-bond acceptors (Lipinski definition) is 4. The highest BCUT2D eigenvalue weighted by Gasteiger charge is 2.18. The van der Waals surface area contributed by atoms with Crippen LogP contribution in [0.3, 0.4) is 0 Å². The maximum atomic E-state index is 11.5. The van der Waals surface area contributed by atoms with E-state index in [-0.39, 0.29) is 10.6 Å². The molecule has 0 spiro atoms. The molecule has 1 saturated heterocycles. The van der Waals surface area contributed by atoms with Gasteiger partial charge in [-0.25, -0.2) is 8.42 Å². The van der Waals surface area contributed by atoms with Gasteiger partial charge in [0.05, 0.1) is 7.11 Å². The van der Waals surface area contributed by atoms with Crippen molar-refractivity contribution in [3.8, 4) is 5.75 Å². The molecule has 0 saturated carbocycles. The third kappa shape index (κ3) is 3.84. The van der Waals surface area contributed by atoms with Gasteiger partial charge in [-0.05, 0) is 43.6 Å². The van der Waals surface area contributed by atoms with Crippen molar-refractivity contribution in [1.29, 1.82) is 0 Å². The Morgan fingerprint density at radius 2 is 1.95 bits per heavy atom. The number of methoxy groups -OCH3 is 1. The first-order chi connectivity index (χ1) is 9.00. The summed E-state index contributed by atoms with van der Waals surface area (Å²) in [5.41, 5.74) is 0.946. The van der Waals surface area contributed by atoms with E-state index in [1.165, 1.54) is 26.4 Å². The summed E-state index contributed by atoms with van der Waals surface area (Å²) in [4.78, 5) is 2.38. The molecule has 0 amide bonds. The minimum Gasteiger partial charge on any atom is -0.495 e. The minimum atomic E-state index is -3.78. The quantitative estimate of drug-likeness (QED) is 0.802. The minimum absolute atomic E-state index is 0.0474. The fraction of sp³-hybridized carbons (Fsp3) is 0.538. The van der Waals surface area contributed by atoms with Crippen molar-refractivity contribution in [3.05, 3.63) is 23.8 Å². The molecule has 1 aromatic carbocycles. The van der Waals surface area contributed by atoms with Gasteiger partial charge in [0.1, 0.15) is 10.6 Å². The first-order valence-corrected chi connectivity index (χ1v) is 8.65.